The average Bonchev–Trinajstić information content (AvgIpc) is 4.05. The summed E-state index contributed by atoms with van der Waals surface area (Å²) >= 11 is 0. The van der Waals surface area contributed by atoms with Gasteiger partial charge in [-0.05, 0) is 111 Å². The van der Waals surface area contributed by atoms with Crippen molar-refractivity contribution in [1.29, 1.82) is 0 Å². The monoisotopic (exact) mass is 1020 g/mol. The van der Waals surface area contributed by atoms with Gasteiger partial charge in [0.1, 0.15) is 42.1 Å². The Labute approximate surface area is 426 Å². The second-order valence-corrected chi connectivity index (χ2v) is 17.9. The number of amides is 1. The first kappa shape index (κ1) is 53.0. The van der Waals surface area contributed by atoms with Gasteiger partial charge < -0.3 is 63.9 Å². The van der Waals surface area contributed by atoms with Gasteiger partial charge in [-0.1, -0.05) is 29.3 Å². The Kier molecular flexibility index (Phi) is 18.0. The lowest BCUT2D eigenvalue weighted by Gasteiger charge is -2.33. The number of anilines is 3. The molecule has 4 heterocycles. The smallest absolute Gasteiger partial charge is 0.406 e. The van der Waals surface area contributed by atoms with Crippen LogP contribution in [0.2, 0.25) is 0 Å². The molecule has 392 valence electrons. The fraction of sp³-hybridized carbons (Fsp3) is 0.389. The number of nitrogens with two attached hydrogens (primary N) is 1. The zero-order valence-electron chi connectivity index (χ0n) is 41.6. The van der Waals surface area contributed by atoms with E-state index in [9.17, 15) is 22.4 Å². The summed E-state index contributed by atoms with van der Waals surface area (Å²) in [5.41, 5.74) is 14.0. The molecule has 8 rings (SSSR count). The van der Waals surface area contributed by atoms with Gasteiger partial charge in [0.2, 0.25) is 0 Å². The van der Waals surface area contributed by atoms with Crippen molar-refractivity contribution in [2.75, 3.05) is 102 Å². The van der Waals surface area contributed by atoms with Gasteiger partial charge in [-0.25, -0.2) is 9.37 Å². The van der Waals surface area contributed by atoms with E-state index in [2.05, 4.69) is 37.9 Å². The van der Waals surface area contributed by atoms with Gasteiger partial charge in [0.15, 0.2) is 6.61 Å². The largest absolute Gasteiger partial charge is 0.491 e. The summed E-state index contributed by atoms with van der Waals surface area (Å²) in [7, 11) is 1.86. The Morgan fingerprint density at radius 2 is 1.65 bits per heavy atom. The number of nitrogen functional groups attached to an aromatic ring is 1. The molecule has 5 N–H and O–H groups in total. The number of halogens is 4. The van der Waals surface area contributed by atoms with Gasteiger partial charge in [-0.2, -0.15) is 13.2 Å². The van der Waals surface area contributed by atoms with Gasteiger partial charge in [0.05, 0.1) is 86.7 Å². The summed E-state index contributed by atoms with van der Waals surface area (Å²) in [5, 5.41) is 13.8. The van der Waals surface area contributed by atoms with E-state index in [0.717, 1.165) is 44.7 Å². The maximum absolute atomic E-state index is 14.8. The fourth-order valence-corrected chi connectivity index (χ4v) is 8.74. The number of aryl methyl sites for hydroxylation is 2. The number of ether oxygens (including phenoxy) is 5. The second-order valence-electron chi connectivity index (χ2n) is 17.9. The van der Waals surface area contributed by atoms with Crippen LogP contribution in [0.1, 0.15) is 29.1 Å². The maximum Gasteiger partial charge on any atom is 0.406 e. The normalized spacial score (nSPS) is 15.0. The number of alkyl halides is 4. The van der Waals surface area contributed by atoms with Crippen LogP contribution in [0.5, 0.6) is 11.5 Å². The van der Waals surface area contributed by atoms with E-state index in [-0.39, 0.29) is 24.8 Å². The number of nitrogens with zero attached hydrogens (tertiary/aromatic N) is 5. The van der Waals surface area contributed by atoms with Crippen molar-refractivity contribution in [2.45, 2.75) is 51.7 Å². The summed E-state index contributed by atoms with van der Waals surface area (Å²) < 4.78 is 92.8. The molecule has 0 spiro atoms. The van der Waals surface area contributed by atoms with Crippen molar-refractivity contribution >= 4 is 44.9 Å². The van der Waals surface area contributed by atoms with Crippen LogP contribution in [0.3, 0.4) is 0 Å². The molecule has 1 aliphatic heterocycles. The zero-order valence-corrected chi connectivity index (χ0v) is 41.6. The highest BCUT2D eigenvalue weighted by Crippen LogP contribution is 2.34. The van der Waals surface area contributed by atoms with Crippen molar-refractivity contribution in [1.82, 2.24) is 29.5 Å². The molecule has 74 heavy (non-hydrogen) atoms. The number of carbonyl (C=O) groups excluding carboxylic acids is 1. The lowest BCUT2D eigenvalue weighted by molar-refractivity contribution is -0.140. The molecular weight excluding hydrogens is 963 g/mol. The maximum atomic E-state index is 14.8. The molecule has 0 saturated carbocycles. The van der Waals surface area contributed by atoms with Crippen molar-refractivity contribution in [2.24, 2.45) is 0 Å². The minimum atomic E-state index is -4.46. The molecule has 1 saturated heterocycles. The van der Waals surface area contributed by atoms with Crippen LogP contribution >= 0.6 is 0 Å². The summed E-state index contributed by atoms with van der Waals surface area (Å²) in [6.45, 7) is 6.93. The molecular formula is C54H61F4N9O7. The van der Waals surface area contributed by atoms with E-state index in [1.165, 1.54) is 0 Å². The molecule has 2 atom stereocenters. The molecule has 3 aromatic heterocycles. The minimum absolute atomic E-state index is 0.146. The molecule has 1 amide bonds. The highest BCUT2D eigenvalue weighted by atomic mass is 19.4. The topological polar surface area (TPSA) is 177 Å². The number of likely N-dealkylation sites (tertiary alicyclic amines) is 1. The number of imidazole rings is 1. The molecule has 20 heteroatoms. The Morgan fingerprint density at radius 1 is 0.892 bits per heavy atom. The Balaban J connectivity index is 0.659. The number of piperidine rings is 1. The predicted molar refractivity (Wildman–Crippen MR) is 275 cm³/mol. The van der Waals surface area contributed by atoms with Gasteiger partial charge in [0.25, 0.3) is 5.91 Å². The molecule has 7 aromatic rings. The molecule has 0 unspecified atom stereocenters. The quantitative estimate of drug-likeness (QED) is 0.0198. The minimum Gasteiger partial charge on any atom is -0.491 e. The molecule has 1 aliphatic rings. The standard InChI is InChI=1S/C54H61F4N9O7/c1-36-52(37(2)74-64-36)39-28-46(59)53-50(29-39)66(35-62-53)31-38-7-4-9-43(27-38)73-33-51(68)61-18-20-69-21-22-70-23-24-71-25-26-72-42-14-12-40(13-15-42)60-17-6-8-41-30-44-47(63-48-16-19-65(3)32-45(48)55)10-5-11-49(44)67(41)34-54(56,57)58/h4-5,7,9-15,27-30,35,45,48,60,63H,16-26,31-34,59H2,1-3H3,(H,61,68)/t45-,48+/m0/s1. The third kappa shape index (κ3) is 14.5. The fourth-order valence-electron chi connectivity index (χ4n) is 8.74. The van der Waals surface area contributed by atoms with Crippen molar-refractivity contribution in [3.63, 3.8) is 0 Å². The number of carbonyl (C=O) groups is 1. The van der Waals surface area contributed by atoms with Gasteiger partial charge in [-0.15, -0.1) is 0 Å². The summed E-state index contributed by atoms with van der Waals surface area (Å²) in [4.78, 5) is 18.9. The molecule has 0 radical (unpaired) electrons. The van der Waals surface area contributed by atoms with Gasteiger partial charge in [0, 0.05) is 48.5 Å². The van der Waals surface area contributed by atoms with Crippen molar-refractivity contribution < 1.29 is 50.6 Å². The Morgan fingerprint density at radius 3 is 2.39 bits per heavy atom. The first-order valence-electron chi connectivity index (χ1n) is 24.4. The molecule has 4 aromatic carbocycles. The summed E-state index contributed by atoms with van der Waals surface area (Å²) in [6, 6.07) is 25.0. The van der Waals surface area contributed by atoms with Crippen LogP contribution in [0.15, 0.2) is 95.8 Å². The van der Waals surface area contributed by atoms with Gasteiger partial charge >= 0.3 is 6.18 Å². The van der Waals surface area contributed by atoms with Crippen molar-refractivity contribution in [3.8, 4) is 34.5 Å². The van der Waals surface area contributed by atoms with Crippen LogP contribution in [0.4, 0.5) is 34.6 Å². The molecule has 16 nitrogen and oxygen atoms in total. The zero-order chi connectivity index (χ0) is 52.0. The number of hydrogen-bond acceptors (Lipinski definition) is 13. The van der Waals surface area contributed by atoms with Crippen LogP contribution < -0.4 is 31.2 Å². The van der Waals surface area contributed by atoms with Crippen molar-refractivity contribution in [3.05, 3.63) is 114 Å². The average molecular weight is 1020 g/mol. The molecule has 0 bridgehead atoms. The van der Waals surface area contributed by atoms with Crippen LogP contribution in [-0.4, -0.2) is 135 Å². The van der Waals surface area contributed by atoms with Crippen LogP contribution in [0, 0.1) is 25.7 Å². The van der Waals surface area contributed by atoms with E-state index in [0.29, 0.717) is 117 Å². The van der Waals surface area contributed by atoms with Gasteiger partial charge in [-0.3, -0.25) is 4.79 Å². The Hall–Kier alpha value is -7.31. The highest BCUT2D eigenvalue weighted by molar-refractivity contribution is 5.94. The lowest BCUT2D eigenvalue weighted by atomic mass is 10.0. The number of fused-ring (bicyclic) bond motifs is 2. The van der Waals surface area contributed by atoms with E-state index in [1.54, 1.807) is 48.8 Å². The van der Waals surface area contributed by atoms with Crippen LogP contribution in [0.25, 0.3) is 33.1 Å². The van der Waals surface area contributed by atoms with E-state index in [4.69, 9.17) is 33.9 Å². The van der Waals surface area contributed by atoms with Crippen LogP contribution in [-0.2, 0) is 32.1 Å². The first-order chi connectivity index (χ1) is 35.8. The molecule has 0 aliphatic carbocycles. The number of hydrogen-bond donors (Lipinski definition) is 4. The van der Waals surface area contributed by atoms with E-state index < -0.39 is 24.9 Å². The Bertz CT molecular complexity index is 3020. The third-order valence-corrected chi connectivity index (χ3v) is 12.3. The SMILES string of the molecule is Cc1noc(C)c1-c1cc(N)c2ncn(Cc3cccc(OCC(=O)NCCOCCOCCOCCOc4ccc(NCC#Cc5cc6c(N[C@@H]7CCN(C)C[C@@H]7F)cccc6n5CC(F)(F)F)cc4)c3)c2c1. The summed E-state index contributed by atoms with van der Waals surface area (Å²) in [5.74, 6) is 7.50. The summed E-state index contributed by atoms with van der Waals surface area (Å²) in [6.07, 6.45) is -3.23. The number of rotatable bonds is 24. The second kappa shape index (κ2) is 25.1. The first-order valence-corrected chi connectivity index (χ1v) is 24.4. The van der Waals surface area contributed by atoms with E-state index >= 15 is 0 Å². The third-order valence-electron chi connectivity index (χ3n) is 12.3. The molecule has 1 fully saturated rings. The number of benzene rings is 4. The predicted octanol–water partition coefficient (Wildman–Crippen LogP) is 8.00. The number of aromatic nitrogens is 4. The lowest BCUT2D eigenvalue weighted by Crippen LogP contribution is -2.46. The highest BCUT2D eigenvalue weighted by Gasteiger charge is 2.31. The number of nitrogens with one attached hydrogen (secondary N) is 3. The van der Waals surface area contributed by atoms with E-state index in [1.807, 2.05) is 72.8 Å².